The summed E-state index contributed by atoms with van der Waals surface area (Å²) < 4.78 is 0. The zero-order chi connectivity index (χ0) is 26.5. The molecule has 0 unspecified atom stereocenters. The lowest BCUT2D eigenvalue weighted by Crippen LogP contribution is -1.92. The molecule has 0 aliphatic rings. The van der Waals surface area contributed by atoms with Gasteiger partial charge in [-0.15, -0.1) is 0 Å². The molecule has 0 bridgehead atoms. The van der Waals surface area contributed by atoms with Crippen LogP contribution < -0.4 is 0 Å². The monoisotopic (exact) mass is 506 g/mol. The van der Waals surface area contributed by atoms with Crippen LogP contribution >= 0.6 is 0 Å². The highest BCUT2D eigenvalue weighted by Gasteiger charge is 2.19. The molecular weight excluding hydrogens is 480 g/mol. The summed E-state index contributed by atoms with van der Waals surface area (Å²) in [5, 5.41) is 10.2. The molecular formula is C40H26. The van der Waals surface area contributed by atoms with Gasteiger partial charge in [0.1, 0.15) is 0 Å². The van der Waals surface area contributed by atoms with Crippen LogP contribution in [0.4, 0.5) is 0 Å². The van der Waals surface area contributed by atoms with E-state index in [1.54, 1.807) is 0 Å². The van der Waals surface area contributed by atoms with Gasteiger partial charge in [-0.05, 0) is 88.6 Å². The van der Waals surface area contributed by atoms with E-state index < -0.39 is 0 Å². The van der Waals surface area contributed by atoms with Crippen molar-refractivity contribution in [2.24, 2.45) is 0 Å². The van der Waals surface area contributed by atoms with Crippen LogP contribution in [0.15, 0.2) is 158 Å². The lowest BCUT2D eigenvalue weighted by Gasteiger charge is -2.20. The smallest absolute Gasteiger partial charge is 0.00203 e. The molecule has 0 heteroatoms. The summed E-state index contributed by atoms with van der Waals surface area (Å²) in [6.45, 7) is 0. The number of hydrogen-bond donors (Lipinski definition) is 0. The van der Waals surface area contributed by atoms with Crippen molar-refractivity contribution in [1.29, 1.82) is 0 Å². The third-order valence-corrected chi connectivity index (χ3v) is 8.21. The van der Waals surface area contributed by atoms with Gasteiger partial charge in [-0.2, -0.15) is 0 Å². The molecule has 0 aliphatic heterocycles. The third kappa shape index (κ3) is 3.54. The minimum Gasteiger partial charge on any atom is -0.0622 e. The first-order valence-electron chi connectivity index (χ1n) is 13.9. The van der Waals surface area contributed by atoms with Crippen LogP contribution in [0, 0.1) is 0 Å². The van der Waals surface area contributed by atoms with Crippen LogP contribution in [0.1, 0.15) is 0 Å². The topological polar surface area (TPSA) is 0 Å². The lowest BCUT2D eigenvalue weighted by atomic mass is 9.83. The lowest BCUT2D eigenvalue weighted by molar-refractivity contribution is 1.62. The minimum absolute atomic E-state index is 1.24. The Labute approximate surface area is 233 Å². The van der Waals surface area contributed by atoms with Gasteiger partial charge in [0.25, 0.3) is 0 Å². The van der Waals surface area contributed by atoms with Crippen molar-refractivity contribution in [3.8, 4) is 33.4 Å². The SMILES string of the molecule is c1ccc(-c2c(-c3ccccc3)c3ccc(-c4c5ccccc5cc5ccccc45)cc3c3ccccc23)cc1. The van der Waals surface area contributed by atoms with Gasteiger partial charge in [-0.25, -0.2) is 0 Å². The first-order valence-corrected chi connectivity index (χ1v) is 13.9. The highest BCUT2D eigenvalue weighted by Crippen LogP contribution is 2.46. The summed E-state index contributed by atoms with van der Waals surface area (Å²) in [6, 6.07) is 57.5. The Balaban J connectivity index is 1.54. The normalized spacial score (nSPS) is 11.5. The first-order chi connectivity index (χ1) is 19.9. The van der Waals surface area contributed by atoms with Crippen molar-refractivity contribution in [2.75, 3.05) is 0 Å². The fourth-order valence-corrected chi connectivity index (χ4v) is 6.48. The number of benzene rings is 8. The van der Waals surface area contributed by atoms with Crippen LogP contribution in [0.2, 0.25) is 0 Å². The molecule has 186 valence electrons. The number of rotatable bonds is 3. The summed E-state index contributed by atoms with van der Waals surface area (Å²) in [5.74, 6) is 0. The maximum atomic E-state index is 2.42. The molecule has 0 nitrogen and oxygen atoms in total. The standard InChI is InChI=1S/C40H26/c1-3-13-27(14-4-1)39-35-22-12-11-21-34(35)37-26-31(23-24-36(37)40(39)28-15-5-2-6-16-28)38-32-19-9-7-17-29(32)25-30-18-8-10-20-33(30)38/h1-26H. The van der Waals surface area contributed by atoms with Crippen molar-refractivity contribution in [1.82, 2.24) is 0 Å². The minimum atomic E-state index is 1.24. The molecule has 0 aromatic heterocycles. The van der Waals surface area contributed by atoms with E-state index in [0.717, 1.165) is 0 Å². The van der Waals surface area contributed by atoms with Crippen LogP contribution in [0.5, 0.6) is 0 Å². The summed E-state index contributed by atoms with van der Waals surface area (Å²) in [5.41, 5.74) is 7.60. The average Bonchev–Trinajstić information content (AvgIpc) is 3.03. The van der Waals surface area contributed by atoms with E-state index >= 15 is 0 Å². The summed E-state index contributed by atoms with van der Waals surface area (Å²) in [6.07, 6.45) is 0. The fourth-order valence-electron chi connectivity index (χ4n) is 6.48. The van der Waals surface area contributed by atoms with Crippen LogP contribution in [-0.4, -0.2) is 0 Å². The first kappa shape index (κ1) is 22.8. The highest BCUT2D eigenvalue weighted by atomic mass is 14.2. The Kier molecular flexibility index (Phi) is 5.24. The Bertz CT molecular complexity index is 2130. The molecule has 0 amide bonds. The molecule has 40 heavy (non-hydrogen) atoms. The zero-order valence-electron chi connectivity index (χ0n) is 22.0. The molecule has 0 saturated heterocycles. The largest absolute Gasteiger partial charge is 0.0622 e. The van der Waals surface area contributed by atoms with Gasteiger partial charge in [0.05, 0.1) is 0 Å². The van der Waals surface area contributed by atoms with E-state index in [1.165, 1.54) is 76.5 Å². The van der Waals surface area contributed by atoms with Crippen LogP contribution in [0.3, 0.4) is 0 Å². The van der Waals surface area contributed by atoms with E-state index in [4.69, 9.17) is 0 Å². The number of fused-ring (bicyclic) bond motifs is 5. The molecule has 8 rings (SSSR count). The maximum Gasteiger partial charge on any atom is -0.00203 e. The van der Waals surface area contributed by atoms with E-state index in [9.17, 15) is 0 Å². The van der Waals surface area contributed by atoms with Crippen molar-refractivity contribution in [2.45, 2.75) is 0 Å². The van der Waals surface area contributed by atoms with E-state index in [1.807, 2.05) is 0 Å². The molecule has 0 heterocycles. The van der Waals surface area contributed by atoms with Crippen molar-refractivity contribution in [3.63, 3.8) is 0 Å². The quantitative estimate of drug-likeness (QED) is 0.165. The summed E-state index contributed by atoms with van der Waals surface area (Å²) in [7, 11) is 0. The van der Waals surface area contributed by atoms with Gasteiger partial charge in [-0.3, -0.25) is 0 Å². The highest BCUT2D eigenvalue weighted by molar-refractivity contribution is 6.23. The predicted octanol–water partition coefficient (Wildman–Crippen LogP) is 11.3. The van der Waals surface area contributed by atoms with Gasteiger partial charge >= 0.3 is 0 Å². The van der Waals surface area contributed by atoms with E-state index in [-0.39, 0.29) is 0 Å². The average molecular weight is 507 g/mol. The van der Waals surface area contributed by atoms with Crippen molar-refractivity contribution < 1.29 is 0 Å². The summed E-state index contributed by atoms with van der Waals surface area (Å²) >= 11 is 0. The van der Waals surface area contributed by atoms with Gasteiger partial charge in [0.2, 0.25) is 0 Å². The predicted molar refractivity (Wildman–Crippen MR) is 173 cm³/mol. The Hall–Kier alpha value is -5.20. The molecule has 8 aromatic carbocycles. The molecule has 0 fully saturated rings. The summed E-state index contributed by atoms with van der Waals surface area (Å²) in [4.78, 5) is 0. The Morgan fingerprint density at radius 1 is 0.225 bits per heavy atom. The molecule has 0 atom stereocenters. The molecule has 0 spiro atoms. The second kappa shape index (κ2) is 9.22. The fraction of sp³-hybridized carbons (Fsp3) is 0. The van der Waals surface area contributed by atoms with Crippen molar-refractivity contribution >= 4 is 43.1 Å². The Morgan fingerprint density at radius 3 is 1.25 bits per heavy atom. The zero-order valence-corrected chi connectivity index (χ0v) is 22.0. The van der Waals surface area contributed by atoms with Gasteiger partial charge < -0.3 is 0 Å². The Morgan fingerprint density at radius 2 is 0.675 bits per heavy atom. The van der Waals surface area contributed by atoms with Gasteiger partial charge in [0.15, 0.2) is 0 Å². The molecule has 0 saturated carbocycles. The van der Waals surface area contributed by atoms with Gasteiger partial charge in [0, 0.05) is 0 Å². The van der Waals surface area contributed by atoms with Crippen molar-refractivity contribution in [3.05, 3.63) is 158 Å². The maximum absolute atomic E-state index is 2.42. The van der Waals surface area contributed by atoms with E-state index in [2.05, 4.69) is 158 Å². The van der Waals surface area contributed by atoms with Gasteiger partial charge in [-0.1, -0.05) is 146 Å². The third-order valence-electron chi connectivity index (χ3n) is 8.21. The van der Waals surface area contributed by atoms with Crippen LogP contribution in [0.25, 0.3) is 76.5 Å². The molecule has 8 aromatic rings. The van der Waals surface area contributed by atoms with Crippen LogP contribution in [-0.2, 0) is 0 Å². The van der Waals surface area contributed by atoms with E-state index in [0.29, 0.717) is 0 Å². The molecule has 0 radical (unpaired) electrons. The molecule has 0 N–H and O–H groups in total. The number of hydrogen-bond acceptors (Lipinski definition) is 0. The molecule has 0 aliphatic carbocycles. The second-order valence-corrected chi connectivity index (χ2v) is 10.5. The second-order valence-electron chi connectivity index (χ2n) is 10.5.